The van der Waals surface area contributed by atoms with E-state index in [4.69, 9.17) is 9.47 Å². The van der Waals surface area contributed by atoms with E-state index >= 15 is 0 Å². The molecule has 0 aliphatic rings. The fourth-order valence-corrected chi connectivity index (χ4v) is 4.72. The standard InChI is InChI=1S/C25H26N2O3S/c1-16-6-5-7-18(8-16)14-26-25(28)23-13-24-22(9-17(2)31-24)27(23)15-19-10-20(29-3)12-21(11-19)30-4/h5-13H,14-15H2,1-4H3,(H,26,28). The van der Waals surface area contributed by atoms with Crippen LogP contribution in [0.5, 0.6) is 11.5 Å². The van der Waals surface area contributed by atoms with Crippen LogP contribution in [0.3, 0.4) is 0 Å². The predicted molar refractivity (Wildman–Crippen MR) is 126 cm³/mol. The second kappa shape index (κ2) is 8.86. The average molecular weight is 435 g/mol. The van der Waals surface area contributed by atoms with Gasteiger partial charge in [0.1, 0.15) is 17.2 Å². The van der Waals surface area contributed by atoms with Gasteiger partial charge in [-0.05, 0) is 49.2 Å². The number of benzene rings is 2. The van der Waals surface area contributed by atoms with Gasteiger partial charge in [0.15, 0.2) is 0 Å². The number of aryl methyl sites for hydroxylation is 2. The molecule has 160 valence electrons. The van der Waals surface area contributed by atoms with Crippen LogP contribution in [0.15, 0.2) is 54.6 Å². The van der Waals surface area contributed by atoms with Crippen LogP contribution in [0.4, 0.5) is 0 Å². The zero-order chi connectivity index (χ0) is 22.0. The minimum atomic E-state index is -0.0857. The van der Waals surface area contributed by atoms with Gasteiger partial charge in [0, 0.05) is 24.0 Å². The molecule has 2 aromatic carbocycles. The molecule has 2 heterocycles. The monoisotopic (exact) mass is 434 g/mol. The molecule has 0 radical (unpaired) electrons. The Morgan fingerprint density at radius 1 is 0.968 bits per heavy atom. The molecule has 6 heteroatoms. The Kier molecular flexibility index (Phi) is 6.00. The summed E-state index contributed by atoms with van der Waals surface area (Å²) in [4.78, 5) is 14.4. The highest BCUT2D eigenvalue weighted by Crippen LogP contribution is 2.31. The molecule has 31 heavy (non-hydrogen) atoms. The second-order valence-electron chi connectivity index (χ2n) is 7.61. The molecule has 4 rings (SSSR count). The van der Waals surface area contributed by atoms with Gasteiger partial charge in [-0.1, -0.05) is 29.8 Å². The van der Waals surface area contributed by atoms with Crippen molar-refractivity contribution in [1.82, 2.24) is 9.88 Å². The Morgan fingerprint density at radius 2 is 1.71 bits per heavy atom. The summed E-state index contributed by atoms with van der Waals surface area (Å²) >= 11 is 1.70. The van der Waals surface area contributed by atoms with Crippen molar-refractivity contribution < 1.29 is 14.3 Å². The van der Waals surface area contributed by atoms with E-state index in [9.17, 15) is 4.79 Å². The van der Waals surface area contributed by atoms with Gasteiger partial charge in [0.25, 0.3) is 5.91 Å². The molecule has 0 saturated heterocycles. The van der Waals surface area contributed by atoms with Crippen molar-refractivity contribution in [2.45, 2.75) is 26.9 Å². The third-order valence-corrected chi connectivity index (χ3v) is 6.22. The van der Waals surface area contributed by atoms with Gasteiger partial charge in [-0.15, -0.1) is 11.3 Å². The molecule has 0 unspecified atom stereocenters. The Hall–Kier alpha value is -3.25. The van der Waals surface area contributed by atoms with E-state index < -0.39 is 0 Å². The number of ether oxygens (including phenoxy) is 2. The van der Waals surface area contributed by atoms with Crippen molar-refractivity contribution in [2.24, 2.45) is 0 Å². The molecule has 0 bridgehead atoms. The SMILES string of the molecule is COc1cc(Cn2c(C(=O)NCc3cccc(C)c3)cc3sc(C)cc32)cc(OC)c1. The first-order valence-corrected chi connectivity index (χ1v) is 10.9. The molecule has 0 aliphatic carbocycles. The maximum absolute atomic E-state index is 13.1. The van der Waals surface area contributed by atoms with Gasteiger partial charge < -0.3 is 19.4 Å². The van der Waals surface area contributed by atoms with E-state index in [0.717, 1.165) is 32.8 Å². The lowest BCUT2D eigenvalue weighted by Gasteiger charge is -2.13. The van der Waals surface area contributed by atoms with Crippen LogP contribution < -0.4 is 14.8 Å². The van der Waals surface area contributed by atoms with Crippen LogP contribution in [0, 0.1) is 13.8 Å². The first kappa shape index (κ1) is 21.0. The molecular formula is C25H26N2O3S. The van der Waals surface area contributed by atoms with Crippen LogP contribution >= 0.6 is 11.3 Å². The van der Waals surface area contributed by atoms with Crippen LogP contribution in [-0.4, -0.2) is 24.7 Å². The van der Waals surface area contributed by atoms with Crippen molar-refractivity contribution in [1.29, 1.82) is 0 Å². The Labute approximate surface area is 186 Å². The highest BCUT2D eigenvalue weighted by atomic mass is 32.1. The maximum atomic E-state index is 13.1. The lowest BCUT2D eigenvalue weighted by atomic mass is 10.1. The van der Waals surface area contributed by atoms with E-state index in [0.29, 0.717) is 18.8 Å². The first-order chi connectivity index (χ1) is 15.0. The number of hydrogen-bond acceptors (Lipinski definition) is 4. The lowest BCUT2D eigenvalue weighted by Crippen LogP contribution is -2.25. The molecule has 0 atom stereocenters. The van der Waals surface area contributed by atoms with E-state index in [1.54, 1.807) is 25.6 Å². The Balaban J connectivity index is 1.66. The molecule has 2 aromatic heterocycles. The number of carbonyl (C=O) groups excluding carboxylic acids is 1. The van der Waals surface area contributed by atoms with Crippen molar-refractivity contribution in [3.8, 4) is 11.5 Å². The van der Waals surface area contributed by atoms with Gasteiger partial charge in [-0.25, -0.2) is 0 Å². The van der Waals surface area contributed by atoms with Crippen molar-refractivity contribution in [2.75, 3.05) is 14.2 Å². The normalized spacial score (nSPS) is 11.0. The number of nitrogens with one attached hydrogen (secondary N) is 1. The number of hydrogen-bond donors (Lipinski definition) is 1. The molecule has 1 N–H and O–H groups in total. The smallest absolute Gasteiger partial charge is 0.268 e. The number of fused-ring (bicyclic) bond motifs is 1. The highest BCUT2D eigenvalue weighted by molar-refractivity contribution is 7.19. The summed E-state index contributed by atoms with van der Waals surface area (Å²) in [5, 5.41) is 3.07. The Morgan fingerprint density at radius 3 is 2.39 bits per heavy atom. The second-order valence-corrected chi connectivity index (χ2v) is 8.90. The third kappa shape index (κ3) is 4.59. The number of amides is 1. The summed E-state index contributed by atoms with van der Waals surface area (Å²) in [7, 11) is 3.28. The van der Waals surface area contributed by atoms with Crippen LogP contribution in [0.1, 0.15) is 32.1 Å². The van der Waals surface area contributed by atoms with Gasteiger partial charge in [0.2, 0.25) is 0 Å². The average Bonchev–Trinajstić information content (AvgIpc) is 3.28. The quantitative estimate of drug-likeness (QED) is 0.429. The summed E-state index contributed by atoms with van der Waals surface area (Å²) in [6.45, 7) is 5.17. The number of nitrogens with zero attached hydrogens (tertiary/aromatic N) is 1. The number of rotatable bonds is 7. The van der Waals surface area contributed by atoms with Crippen molar-refractivity contribution in [3.63, 3.8) is 0 Å². The van der Waals surface area contributed by atoms with Crippen molar-refractivity contribution in [3.05, 3.63) is 81.9 Å². The fraction of sp³-hybridized carbons (Fsp3) is 0.240. The first-order valence-electron chi connectivity index (χ1n) is 10.1. The lowest BCUT2D eigenvalue weighted by molar-refractivity contribution is 0.0942. The molecule has 5 nitrogen and oxygen atoms in total. The van der Waals surface area contributed by atoms with E-state index in [1.165, 1.54) is 10.4 Å². The van der Waals surface area contributed by atoms with Crippen LogP contribution in [0.2, 0.25) is 0 Å². The maximum Gasteiger partial charge on any atom is 0.268 e. The number of methoxy groups -OCH3 is 2. The molecule has 0 fully saturated rings. The van der Waals surface area contributed by atoms with Crippen LogP contribution in [0.25, 0.3) is 10.2 Å². The summed E-state index contributed by atoms with van der Waals surface area (Å²) in [5.74, 6) is 1.37. The zero-order valence-corrected chi connectivity index (χ0v) is 19.0. The number of carbonyl (C=O) groups is 1. The predicted octanol–water partition coefficient (Wildman–Crippen LogP) is 5.32. The van der Waals surface area contributed by atoms with Gasteiger partial charge in [-0.2, -0.15) is 0 Å². The van der Waals surface area contributed by atoms with Gasteiger partial charge in [-0.3, -0.25) is 4.79 Å². The molecule has 4 aromatic rings. The molecule has 0 spiro atoms. The Bertz CT molecular complexity index is 1220. The summed E-state index contributed by atoms with van der Waals surface area (Å²) in [6, 6.07) is 18.1. The largest absolute Gasteiger partial charge is 0.497 e. The zero-order valence-electron chi connectivity index (χ0n) is 18.2. The summed E-state index contributed by atoms with van der Waals surface area (Å²) in [5.41, 5.74) is 4.98. The topological polar surface area (TPSA) is 52.5 Å². The molecular weight excluding hydrogens is 408 g/mol. The molecule has 0 saturated carbocycles. The fourth-order valence-electron chi connectivity index (χ4n) is 3.76. The third-order valence-electron chi connectivity index (χ3n) is 5.23. The molecule has 0 aliphatic heterocycles. The highest BCUT2D eigenvalue weighted by Gasteiger charge is 2.18. The summed E-state index contributed by atoms with van der Waals surface area (Å²) in [6.07, 6.45) is 0. The minimum Gasteiger partial charge on any atom is -0.497 e. The van der Waals surface area contributed by atoms with E-state index in [1.807, 2.05) is 36.4 Å². The van der Waals surface area contributed by atoms with Gasteiger partial charge in [0.05, 0.1) is 24.4 Å². The number of thiophene rings is 1. The van der Waals surface area contributed by atoms with Gasteiger partial charge >= 0.3 is 0 Å². The number of aromatic nitrogens is 1. The van der Waals surface area contributed by atoms with E-state index in [-0.39, 0.29) is 5.91 Å². The molecule has 1 amide bonds. The summed E-state index contributed by atoms with van der Waals surface area (Å²) < 4.78 is 14.0. The van der Waals surface area contributed by atoms with E-state index in [2.05, 4.69) is 41.9 Å². The minimum absolute atomic E-state index is 0.0857. The van der Waals surface area contributed by atoms with Crippen LogP contribution in [-0.2, 0) is 13.1 Å². The van der Waals surface area contributed by atoms with Crippen molar-refractivity contribution >= 4 is 27.5 Å².